The summed E-state index contributed by atoms with van der Waals surface area (Å²) in [6.07, 6.45) is 2.21. The maximum atomic E-state index is 11.6. The first-order chi connectivity index (χ1) is 8.15. The van der Waals surface area contributed by atoms with E-state index in [9.17, 15) is 4.79 Å². The van der Waals surface area contributed by atoms with Gasteiger partial charge in [-0.2, -0.15) is 0 Å². The summed E-state index contributed by atoms with van der Waals surface area (Å²) in [6, 6.07) is 7.48. The lowest BCUT2D eigenvalue weighted by Gasteiger charge is -2.15. The molecule has 0 aromatic heterocycles. The highest BCUT2D eigenvalue weighted by atomic mass is 35.5. The molecule has 0 saturated heterocycles. The summed E-state index contributed by atoms with van der Waals surface area (Å²) in [4.78, 5) is 11.6. The lowest BCUT2D eigenvalue weighted by Crippen LogP contribution is -2.26. The molecule has 0 aliphatic carbocycles. The molecular weight excluding hydrogens is 257 g/mol. The predicted octanol–water partition coefficient (Wildman–Crippen LogP) is 3.93. The number of nitrogens with one attached hydrogen (secondary N) is 1. The SMILES string of the molecule is C[C@H](NC(=O)CCCCCl)c1ccccc1Cl. The first-order valence-corrected chi connectivity index (χ1v) is 6.66. The third kappa shape index (κ3) is 4.97. The Bertz CT molecular complexity index is 368. The van der Waals surface area contributed by atoms with Gasteiger partial charge in [0, 0.05) is 17.3 Å². The minimum absolute atomic E-state index is 0.0440. The summed E-state index contributed by atoms with van der Waals surface area (Å²) in [6.45, 7) is 1.93. The van der Waals surface area contributed by atoms with Crippen LogP contribution in [0, 0.1) is 0 Å². The van der Waals surface area contributed by atoms with Crippen molar-refractivity contribution in [2.24, 2.45) is 0 Å². The molecule has 0 heterocycles. The van der Waals surface area contributed by atoms with Crippen LogP contribution < -0.4 is 5.32 Å². The van der Waals surface area contributed by atoms with Crippen LogP contribution in [0.4, 0.5) is 0 Å². The molecule has 0 spiro atoms. The summed E-state index contributed by atoms with van der Waals surface area (Å²) in [5, 5.41) is 3.61. The summed E-state index contributed by atoms with van der Waals surface area (Å²) in [5.74, 6) is 0.649. The van der Waals surface area contributed by atoms with Crippen LogP contribution in [0.3, 0.4) is 0 Å². The van der Waals surface area contributed by atoms with Gasteiger partial charge in [-0.1, -0.05) is 29.8 Å². The van der Waals surface area contributed by atoms with Gasteiger partial charge in [-0.15, -0.1) is 11.6 Å². The monoisotopic (exact) mass is 273 g/mol. The van der Waals surface area contributed by atoms with E-state index < -0.39 is 0 Å². The second-order valence-electron chi connectivity index (χ2n) is 3.96. The Morgan fingerprint density at radius 1 is 1.35 bits per heavy atom. The van der Waals surface area contributed by atoms with E-state index in [2.05, 4.69) is 5.32 Å². The van der Waals surface area contributed by atoms with Crippen molar-refractivity contribution in [1.29, 1.82) is 0 Å². The lowest BCUT2D eigenvalue weighted by atomic mass is 10.1. The molecule has 1 amide bonds. The molecule has 1 rings (SSSR count). The quantitative estimate of drug-likeness (QED) is 0.618. The standard InChI is InChI=1S/C13H17Cl2NO/c1-10(11-6-2-3-7-12(11)15)16-13(17)8-4-5-9-14/h2-3,6-7,10H,4-5,8-9H2,1H3,(H,16,17)/t10-/m0/s1. The number of hydrogen-bond acceptors (Lipinski definition) is 1. The van der Waals surface area contributed by atoms with Crippen LogP contribution in [0.1, 0.15) is 37.8 Å². The van der Waals surface area contributed by atoms with E-state index in [1.807, 2.05) is 31.2 Å². The van der Waals surface area contributed by atoms with Crippen LogP contribution in [0.15, 0.2) is 24.3 Å². The molecule has 1 N–H and O–H groups in total. The second-order valence-corrected chi connectivity index (χ2v) is 4.74. The van der Waals surface area contributed by atoms with E-state index in [0.29, 0.717) is 17.3 Å². The zero-order valence-electron chi connectivity index (χ0n) is 9.88. The van der Waals surface area contributed by atoms with E-state index in [1.54, 1.807) is 0 Å². The highest BCUT2D eigenvalue weighted by Gasteiger charge is 2.11. The molecule has 0 bridgehead atoms. The maximum Gasteiger partial charge on any atom is 0.220 e. The number of rotatable bonds is 6. The van der Waals surface area contributed by atoms with Crippen molar-refractivity contribution in [3.8, 4) is 0 Å². The Balaban J connectivity index is 2.46. The highest BCUT2D eigenvalue weighted by molar-refractivity contribution is 6.31. The van der Waals surface area contributed by atoms with E-state index >= 15 is 0 Å². The average Bonchev–Trinajstić information content (AvgIpc) is 2.29. The van der Waals surface area contributed by atoms with Gasteiger partial charge in [-0.25, -0.2) is 0 Å². The molecule has 0 aliphatic heterocycles. The first kappa shape index (κ1) is 14.3. The Morgan fingerprint density at radius 2 is 2.06 bits per heavy atom. The molecular formula is C13H17Cl2NO. The number of unbranched alkanes of at least 4 members (excludes halogenated alkanes) is 1. The molecule has 4 heteroatoms. The maximum absolute atomic E-state index is 11.6. The van der Waals surface area contributed by atoms with Crippen molar-refractivity contribution in [2.45, 2.75) is 32.2 Å². The Kier molecular flexibility index (Phi) is 6.38. The fourth-order valence-electron chi connectivity index (χ4n) is 1.60. The highest BCUT2D eigenvalue weighted by Crippen LogP contribution is 2.22. The van der Waals surface area contributed by atoms with Crippen molar-refractivity contribution in [3.63, 3.8) is 0 Å². The van der Waals surface area contributed by atoms with Crippen molar-refractivity contribution < 1.29 is 4.79 Å². The van der Waals surface area contributed by atoms with E-state index in [4.69, 9.17) is 23.2 Å². The topological polar surface area (TPSA) is 29.1 Å². The number of hydrogen-bond donors (Lipinski definition) is 1. The number of amides is 1. The zero-order valence-corrected chi connectivity index (χ0v) is 11.4. The molecule has 0 radical (unpaired) electrons. The Morgan fingerprint density at radius 3 is 2.71 bits per heavy atom. The van der Waals surface area contributed by atoms with Crippen molar-refractivity contribution in [1.82, 2.24) is 5.32 Å². The van der Waals surface area contributed by atoms with Crippen LogP contribution in [0.2, 0.25) is 5.02 Å². The smallest absolute Gasteiger partial charge is 0.220 e. The van der Waals surface area contributed by atoms with Gasteiger partial charge in [0.25, 0.3) is 0 Å². The second kappa shape index (κ2) is 7.57. The fraction of sp³-hybridized carbons (Fsp3) is 0.462. The molecule has 17 heavy (non-hydrogen) atoms. The molecule has 0 aliphatic rings. The summed E-state index contributed by atoms with van der Waals surface area (Å²) >= 11 is 11.6. The van der Waals surface area contributed by atoms with Gasteiger partial charge in [0.15, 0.2) is 0 Å². The van der Waals surface area contributed by atoms with Crippen LogP contribution >= 0.6 is 23.2 Å². The van der Waals surface area contributed by atoms with Gasteiger partial charge < -0.3 is 5.32 Å². The minimum atomic E-state index is -0.0628. The van der Waals surface area contributed by atoms with Gasteiger partial charge in [0.2, 0.25) is 5.91 Å². The minimum Gasteiger partial charge on any atom is -0.350 e. The van der Waals surface area contributed by atoms with Gasteiger partial charge in [0.05, 0.1) is 6.04 Å². The molecule has 2 nitrogen and oxygen atoms in total. The number of carbonyl (C=O) groups excluding carboxylic acids is 1. The van der Waals surface area contributed by atoms with Crippen LogP contribution in [-0.2, 0) is 4.79 Å². The molecule has 94 valence electrons. The Hall–Kier alpha value is -0.730. The molecule has 1 atom stereocenters. The zero-order chi connectivity index (χ0) is 12.7. The predicted molar refractivity (Wildman–Crippen MR) is 72.6 cm³/mol. The fourth-order valence-corrected chi connectivity index (χ4v) is 2.09. The number of alkyl halides is 1. The van der Waals surface area contributed by atoms with Gasteiger partial charge >= 0.3 is 0 Å². The third-order valence-electron chi connectivity index (χ3n) is 2.54. The van der Waals surface area contributed by atoms with Crippen LogP contribution in [0.5, 0.6) is 0 Å². The summed E-state index contributed by atoms with van der Waals surface area (Å²) < 4.78 is 0. The normalized spacial score (nSPS) is 12.2. The van der Waals surface area contributed by atoms with Crippen LogP contribution in [-0.4, -0.2) is 11.8 Å². The summed E-state index contributed by atoms with van der Waals surface area (Å²) in [7, 11) is 0. The molecule has 0 saturated carbocycles. The molecule has 0 unspecified atom stereocenters. The Labute approximate surface area is 112 Å². The van der Waals surface area contributed by atoms with Crippen molar-refractivity contribution >= 4 is 29.1 Å². The molecule has 0 fully saturated rings. The largest absolute Gasteiger partial charge is 0.350 e. The lowest BCUT2D eigenvalue weighted by molar-refractivity contribution is -0.121. The summed E-state index contributed by atoms with van der Waals surface area (Å²) in [5.41, 5.74) is 0.944. The average molecular weight is 274 g/mol. The van der Waals surface area contributed by atoms with Gasteiger partial charge in [-0.05, 0) is 31.4 Å². The van der Waals surface area contributed by atoms with Gasteiger partial charge in [0.1, 0.15) is 0 Å². The number of halogens is 2. The van der Waals surface area contributed by atoms with Gasteiger partial charge in [-0.3, -0.25) is 4.79 Å². The number of benzene rings is 1. The van der Waals surface area contributed by atoms with E-state index in [1.165, 1.54) is 0 Å². The van der Waals surface area contributed by atoms with Crippen molar-refractivity contribution in [3.05, 3.63) is 34.9 Å². The molecule has 1 aromatic carbocycles. The first-order valence-electron chi connectivity index (χ1n) is 5.75. The van der Waals surface area contributed by atoms with Crippen molar-refractivity contribution in [2.75, 3.05) is 5.88 Å². The third-order valence-corrected chi connectivity index (χ3v) is 3.15. The van der Waals surface area contributed by atoms with E-state index in [-0.39, 0.29) is 11.9 Å². The van der Waals surface area contributed by atoms with E-state index in [0.717, 1.165) is 18.4 Å². The number of carbonyl (C=O) groups is 1. The molecule has 1 aromatic rings. The van der Waals surface area contributed by atoms with Crippen LogP contribution in [0.25, 0.3) is 0 Å².